The molecule has 0 radical (unpaired) electrons. The monoisotopic (exact) mass is 501 g/mol. The van der Waals surface area contributed by atoms with Crippen LogP contribution in [0.5, 0.6) is 0 Å². The van der Waals surface area contributed by atoms with Crippen LogP contribution < -0.4 is 16.4 Å². The lowest BCUT2D eigenvalue weighted by Gasteiger charge is -2.37. The number of nitrogens with one attached hydrogen (secondary N) is 2. The molecule has 0 saturated carbocycles. The maximum absolute atomic E-state index is 12.9. The number of carbonyl (C=O) groups excluding carboxylic acids is 2. The highest BCUT2D eigenvalue weighted by Crippen LogP contribution is 2.23. The minimum atomic E-state index is -2.08. The number of benzene rings is 2. The van der Waals surface area contributed by atoms with Crippen LogP contribution in [-0.4, -0.2) is 64.9 Å². The highest BCUT2D eigenvalue weighted by atomic mass is 16.6. The van der Waals surface area contributed by atoms with Crippen molar-refractivity contribution in [3.05, 3.63) is 71.8 Å². The Hall–Kier alpha value is -2.98. The Balaban J connectivity index is 2.07. The summed E-state index contributed by atoms with van der Waals surface area (Å²) in [5, 5.41) is 36.5. The van der Waals surface area contributed by atoms with E-state index in [1.807, 2.05) is 36.4 Å². The predicted molar refractivity (Wildman–Crippen MR) is 137 cm³/mol. The van der Waals surface area contributed by atoms with Gasteiger partial charge in [-0.1, -0.05) is 74.5 Å². The predicted octanol–water partition coefficient (Wildman–Crippen LogP) is 1.49. The van der Waals surface area contributed by atoms with Crippen molar-refractivity contribution in [2.24, 2.45) is 11.1 Å². The minimum absolute atomic E-state index is 0.101. The number of amides is 2. The van der Waals surface area contributed by atoms with Gasteiger partial charge in [-0.25, -0.2) is 4.79 Å². The molecule has 7 N–H and O–H groups in total. The van der Waals surface area contributed by atoms with Crippen molar-refractivity contribution in [2.45, 2.75) is 57.5 Å². The molecule has 0 spiro atoms. The third-order valence-electron chi connectivity index (χ3n) is 6.06. The Morgan fingerprint density at radius 1 is 1.03 bits per heavy atom. The first-order valence-corrected chi connectivity index (χ1v) is 12.2. The number of alkyl carbamates (subject to hydrolysis) is 1. The van der Waals surface area contributed by atoms with Gasteiger partial charge in [0.2, 0.25) is 5.91 Å². The summed E-state index contributed by atoms with van der Waals surface area (Å²) in [4.78, 5) is 25.4. The zero-order valence-electron chi connectivity index (χ0n) is 21.0. The maximum atomic E-state index is 12.9. The minimum Gasteiger partial charge on any atom is -0.446 e. The summed E-state index contributed by atoms with van der Waals surface area (Å²) >= 11 is 0. The Morgan fingerprint density at radius 2 is 1.61 bits per heavy atom. The topological polar surface area (TPSA) is 154 Å². The number of hydrogen-bond acceptors (Lipinski definition) is 7. The molecule has 9 heteroatoms. The van der Waals surface area contributed by atoms with Crippen LogP contribution in [0.2, 0.25) is 0 Å². The highest BCUT2D eigenvalue weighted by molar-refractivity contribution is 5.82. The Bertz CT molecular complexity index is 941. The maximum Gasteiger partial charge on any atom is 0.407 e. The van der Waals surface area contributed by atoms with Crippen LogP contribution in [0.3, 0.4) is 0 Å². The van der Waals surface area contributed by atoms with Crippen molar-refractivity contribution < 1.29 is 29.6 Å². The molecule has 0 aliphatic heterocycles. The number of ether oxygens (including phenoxy) is 1. The molecule has 36 heavy (non-hydrogen) atoms. The number of hydrogen-bond donors (Lipinski definition) is 6. The quantitative estimate of drug-likeness (QED) is 0.214. The molecule has 3 unspecified atom stereocenters. The number of nitrogens with two attached hydrogens (primary N) is 1. The van der Waals surface area contributed by atoms with E-state index in [4.69, 9.17) is 10.5 Å². The molecule has 2 aromatic carbocycles. The molecule has 3 atom stereocenters. The lowest BCUT2D eigenvalue weighted by molar-refractivity contribution is -0.148. The van der Waals surface area contributed by atoms with Gasteiger partial charge in [0.1, 0.15) is 12.2 Å². The van der Waals surface area contributed by atoms with Crippen molar-refractivity contribution in [1.29, 1.82) is 0 Å². The third kappa shape index (κ3) is 9.23. The molecule has 0 aliphatic carbocycles. The number of aliphatic hydroxyl groups is 3. The van der Waals surface area contributed by atoms with Gasteiger partial charge in [-0.2, -0.15) is 0 Å². The van der Waals surface area contributed by atoms with Gasteiger partial charge in [-0.05, 0) is 30.5 Å². The summed E-state index contributed by atoms with van der Waals surface area (Å²) in [6, 6.07) is 18.4. The number of aliphatic hydroxyl groups excluding tert-OH is 2. The van der Waals surface area contributed by atoms with Crippen LogP contribution in [0.25, 0.3) is 0 Å². The largest absolute Gasteiger partial charge is 0.446 e. The Kier molecular flexibility index (Phi) is 11.3. The first kappa shape index (κ1) is 29.3. The van der Waals surface area contributed by atoms with Gasteiger partial charge < -0.3 is 36.4 Å². The van der Waals surface area contributed by atoms with Crippen molar-refractivity contribution in [3.8, 4) is 0 Å². The standard InChI is InChI=1S/C27H39N3O6/c1-26(2,14-16-31)24(33)30-27(35,18-21-11-7-4-8-12-21)23(32)19-29-25(34)36-22(13-15-28)17-20-9-5-3-6-10-20/h3-12,22-23,31-32,35H,13-19,28H2,1-2H3,(H,29,34)(H,30,33). The van der Waals surface area contributed by atoms with Crippen LogP contribution in [0.1, 0.15) is 37.8 Å². The molecule has 198 valence electrons. The lowest BCUT2D eigenvalue weighted by Crippen LogP contribution is -2.63. The van der Waals surface area contributed by atoms with E-state index in [2.05, 4.69) is 10.6 Å². The van der Waals surface area contributed by atoms with E-state index in [1.54, 1.807) is 38.1 Å². The highest BCUT2D eigenvalue weighted by Gasteiger charge is 2.41. The van der Waals surface area contributed by atoms with Crippen molar-refractivity contribution in [2.75, 3.05) is 19.7 Å². The molecule has 9 nitrogen and oxygen atoms in total. The summed E-state index contributed by atoms with van der Waals surface area (Å²) in [6.07, 6.45) is -1.77. The van der Waals surface area contributed by atoms with E-state index in [0.29, 0.717) is 24.9 Å². The summed E-state index contributed by atoms with van der Waals surface area (Å²) in [6.45, 7) is 3.02. The first-order chi connectivity index (χ1) is 17.1. The second-order valence-electron chi connectivity index (χ2n) is 9.59. The van der Waals surface area contributed by atoms with Gasteiger partial charge >= 0.3 is 6.09 Å². The molecular formula is C27H39N3O6. The number of rotatable bonds is 14. The lowest BCUT2D eigenvalue weighted by atomic mass is 9.87. The van der Waals surface area contributed by atoms with Crippen LogP contribution in [0.15, 0.2) is 60.7 Å². The average molecular weight is 502 g/mol. The molecule has 2 rings (SSSR count). The molecule has 0 fully saturated rings. The van der Waals surface area contributed by atoms with Gasteiger partial charge in [-0.3, -0.25) is 4.79 Å². The van der Waals surface area contributed by atoms with Crippen LogP contribution in [0.4, 0.5) is 4.79 Å². The SMILES string of the molecule is CC(C)(CCO)C(=O)NC(O)(Cc1ccccc1)C(O)CNC(=O)OC(CCN)Cc1ccccc1. The fraction of sp³-hybridized carbons (Fsp3) is 0.481. The van der Waals surface area contributed by atoms with Gasteiger partial charge in [0.05, 0.1) is 6.54 Å². The molecule has 0 bridgehead atoms. The zero-order valence-corrected chi connectivity index (χ0v) is 21.0. The second-order valence-corrected chi connectivity index (χ2v) is 9.59. The molecule has 0 aliphatic rings. The molecule has 0 heterocycles. The summed E-state index contributed by atoms with van der Waals surface area (Å²) in [7, 11) is 0. The molecule has 0 saturated heterocycles. The van der Waals surface area contributed by atoms with Gasteiger partial charge in [0.25, 0.3) is 0 Å². The normalized spacial score (nSPS) is 14.8. The molecule has 2 aromatic rings. The summed E-state index contributed by atoms with van der Waals surface area (Å²) in [5.74, 6) is -0.539. The molecule has 0 aromatic heterocycles. The van der Waals surface area contributed by atoms with Crippen molar-refractivity contribution in [1.82, 2.24) is 10.6 Å². The summed E-state index contributed by atoms with van der Waals surface area (Å²) in [5.41, 5.74) is 4.27. The van der Waals surface area contributed by atoms with E-state index in [1.165, 1.54) is 0 Å². The fourth-order valence-electron chi connectivity index (χ4n) is 3.72. The van der Waals surface area contributed by atoms with Gasteiger partial charge in [0, 0.05) is 24.9 Å². The Labute approximate surface area is 212 Å². The molecule has 2 amide bonds. The van der Waals surface area contributed by atoms with Gasteiger partial charge in [0.15, 0.2) is 5.72 Å². The van der Waals surface area contributed by atoms with Crippen LogP contribution >= 0.6 is 0 Å². The van der Waals surface area contributed by atoms with Crippen LogP contribution in [0, 0.1) is 5.41 Å². The average Bonchev–Trinajstić information content (AvgIpc) is 2.83. The van der Waals surface area contributed by atoms with Crippen LogP contribution in [-0.2, 0) is 22.4 Å². The number of carbonyl (C=O) groups is 2. The van der Waals surface area contributed by atoms with Crippen molar-refractivity contribution >= 4 is 12.0 Å². The van der Waals surface area contributed by atoms with Gasteiger partial charge in [-0.15, -0.1) is 0 Å². The van der Waals surface area contributed by atoms with E-state index in [0.717, 1.165) is 5.56 Å². The van der Waals surface area contributed by atoms with E-state index < -0.39 is 35.3 Å². The summed E-state index contributed by atoms with van der Waals surface area (Å²) < 4.78 is 5.51. The second kappa shape index (κ2) is 13.9. The van der Waals surface area contributed by atoms with E-state index in [9.17, 15) is 24.9 Å². The van der Waals surface area contributed by atoms with Crippen molar-refractivity contribution in [3.63, 3.8) is 0 Å². The Morgan fingerprint density at radius 3 is 2.17 bits per heavy atom. The molecular weight excluding hydrogens is 462 g/mol. The van der Waals surface area contributed by atoms with E-state index in [-0.39, 0.29) is 26.0 Å². The zero-order chi connectivity index (χ0) is 26.6. The first-order valence-electron chi connectivity index (χ1n) is 12.2. The van der Waals surface area contributed by atoms with E-state index >= 15 is 0 Å². The fourth-order valence-corrected chi connectivity index (χ4v) is 3.72. The third-order valence-corrected chi connectivity index (χ3v) is 6.06. The smallest absolute Gasteiger partial charge is 0.407 e.